The van der Waals surface area contributed by atoms with Crippen molar-refractivity contribution >= 4 is 11.6 Å². The van der Waals surface area contributed by atoms with E-state index in [1.54, 1.807) is 7.11 Å². The van der Waals surface area contributed by atoms with Gasteiger partial charge in [-0.2, -0.15) is 0 Å². The van der Waals surface area contributed by atoms with E-state index >= 15 is 0 Å². The largest absolute Gasteiger partial charge is 0.497 e. The fourth-order valence-corrected chi connectivity index (χ4v) is 3.14. The van der Waals surface area contributed by atoms with Crippen molar-refractivity contribution in [2.24, 2.45) is 0 Å². The van der Waals surface area contributed by atoms with Gasteiger partial charge in [-0.1, -0.05) is 12.1 Å². The van der Waals surface area contributed by atoms with Gasteiger partial charge in [-0.15, -0.1) is 0 Å². The third kappa shape index (κ3) is 4.10. The zero-order valence-electron chi connectivity index (χ0n) is 15.6. The predicted octanol–water partition coefficient (Wildman–Crippen LogP) is 3.44. The van der Waals surface area contributed by atoms with Crippen molar-refractivity contribution in [3.8, 4) is 11.5 Å². The third-order valence-electron chi connectivity index (χ3n) is 4.47. The maximum absolute atomic E-state index is 12.7. The highest BCUT2D eigenvalue weighted by Gasteiger charge is 2.24. The molecule has 0 bridgehead atoms. The van der Waals surface area contributed by atoms with Gasteiger partial charge in [0.05, 0.1) is 18.9 Å². The van der Waals surface area contributed by atoms with Crippen molar-refractivity contribution in [2.45, 2.75) is 20.0 Å². The first-order chi connectivity index (χ1) is 12.6. The van der Waals surface area contributed by atoms with Crippen molar-refractivity contribution in [1.29, 1.82) is 0 Å². The second-order valence-corrected chi connectivity index (χ2v) is 6.64. The maximum Gasteiger partial charge on any atom is 0.253 e. The number of carbonyl (C=O) groups excluding carboxylic acids is 1. The van der Waals surface area contributed by atoms with E-state index in [1.807, 2.05) is 61.2 Å². The predicted molar refractivity (Wildman–Crippen MR) is 103 cm³/mol. The highest BCUT2D eigenvalue weighted by Crippen LogP contribution is 2.29. The van der Waals surface area contributed by atoms with Crippen molar-refractivity contribution < 1.29 is 14.3 Å². The Bertz CT molecular complexity index is 735. The Balaban J connectivity index is 1.65. The molecule has 26 heavy (non-hydrogen) atoms. The van der Waals surface area contributed by atoms with E-state index in [9.17, 15) is 4.79 Å². The molecule has 1 aliphatic heterocycles. The lowest BCUT2D eigenvalue weighted by Gasteiger charge is -2.37. The van der Waals surface area contributed by atoms with Crippen molar-refractivity contribution in [3.63, 3.8) is 0 Å². The molecule has 0 unspecified atom stereocenters. The number of rotatable bonds is 5. The van der Waals surface area contributed by atoms with Crippen LogP contribution in [0.4, 0.5) is 5.69 Å². The van der Waals surface area contributed by atoms with E-state index in [0.717, 1.165) is 30.3 Å². The lowest BCUT2D eigenvalue weighted by atomic mass is 10.1. The molecule has 3 rings (SSSR count). The summed E-state index contributed by atoms with van der Waals surface area (Å²) in [5.74, 6) is 1.73. The Kier molecular flexibility index (Phi) is 5.66. The van der Waals surface area contributed by atoms with Crippen molar-refractivity contribution in [3.05, 3.63) is 54.1 Å². The number of benzene rings is 2. The van der Waals surface area contributed by atoms with Gasteiger partial charge in [0.15, 0.2) is 0 Å². The van der Waals surface area contributed by atoms with E-state index in [-0.39, 0.29) is 12.0 Å². The van der Waals surface area contributed by atoms with Crippen LogP contribution in [0.15, 0.2) is 48.5 Å². The van der Waals surface area contributed by atoms with E-state index < -0.39 is 0 Å². The Hall–Kier alpha value is -2.69. The molecule has 2 aromatic carbocycles. The number of hydrogen-bond acceptors (Lipinski definition) is 4. The summed E-state index contributed by atoms with van der Waals surface area (Å²) in [6.07, 6.45) is 0.133. The number of amides is 1. The second kappa shape index (κ2) is 8.13. The SMILES string of the molecule is COc1ccc(C(=O)N2CCN(c3ccccc3OC(C)C)CC2)cc1. The number of nitrogens with zero attached hydrogens (tertiary/aromatic N) is 2. The van der Waals surface area contributed by atoms with Gasteiger partial charge in [-0.3, -0.25) is 4.79 Å². The van der Waals surface area contributed by atoms with Gasteiger partial charge in [-0.25, -0.2) is 0 Å². The molecule has 0 radical (unpaired) electrons. The number of methoxy groups -OCH3 is 1. The van der Waals surface area contributed by atoms with Gasteiger partial charge >= 0.3 is 0 Å². The summed E-state index contributed by atoms with van der Waals surface area (Å²) in [6.45, 7) is 7.03. The summed E-state index contributed by atoms with van der Waals surface area (Å²) in [5.41, 5.74) is 1.79. The lowest BCUT2D eigenvalue weighted by molar-refractivity contribution is 0.0746. The molecule has 138 valence electrons. The van der Waals surface area contributed by atoms with Crippen LogP contribution >= 0.6 is 0 Å². The van der Waals surface area contributed by atoms with Gasteiger partial charge in [-0.05, 0) is 50.2 Å². The van der Waals surface area contributed by atoms with Gasteiger partial charge in [0.2, 0.25) is 0 Å². The average molecular weight is 354 g/mol. The van der Waals surface area contributed by atoms with E-state index in [4.69, 9.17) is 9.47 Å². The number of ether oxygens (including phenoxy) is 2. The van der Waals surface area contributed by atoms with Crippen LogP contribution in [-0.4, -0.2) is 50.2 Å². The Morgan fingerprint density at radius 1 is 0.962 bits per heavy atom. The first-order valence-electron chi connectivity index (χ1n) is 9.02. The molecule has 0 aliphatic carbocycles. The normalized spacial score (nSPS) is 14.5. The quantitative estimate of drug-likeness (QED) is 0.825. The van der Waals surface area contributed by atoms with Gasteiger partial charge in [0, 0.05) is 31.7 Å². The smallest absolute Gasteiger partial charge is 0.253 e. The summed E-state index contributed by atoms with van der Waals surface area (Å²) in [6, 6.07) is 15.4. The van der Waals surface area contributed by atoms with Gasteiger partial charge in [0.1, 0.15) is 11.5 Å². The second-order valence-electron chi connectivity index (χ2n) is 6.64. The van der Waals surface area contributed by atoms with Crippen molar-refractivity contribution in [1.82, 2.24) is 4.90 Å². The van der Waals surface area contributed by atoms with Crippen LogP contribution < -0.4 is 14.4 Å². The molecule has 0 atom stereocenters. The molecule has 1 heterocycles. The number of para-hydroxylation sites is 2. The van der Waals surface area contributed by atoms with Crippen LogP contribution in [0.1, 0.15) is 24.2 Å². The Labute approximate surface area is 155 Å². The van der Waals surface area contributed by atoms with Gasteiger partial charge < -0.3 is 19.3 Å². The molecule has 0 N–H and O–H groups in total. The van der Waals surface area contributed by atoms with Gasteiger partial charge in [0.25, 0.3) is 5.91 Å². The Morgan fingerprint density at radius 2 is 1.62 bits per heavy atom. The zero-order valence-corrected chi connectivity index (χ0v) is 15.6. The molecule has 0 saturated carbocycles. The van der Waals surface area contributed by atoms with Crippen LogP contribution in [0.25, 0.3) is 0 Å². The molecule has 1 saturated heterocycles. The number of hydrogen-bond donors (Lipinski definition) is 0. The average Bonchev–Trinajstić information content (AvgIpc) is 2.68. The van der Waals surface area contributed by atoms with E-state index in [2.05, 4.69) is 11.0 Å². The van der Waals surface area contributed by atoms with Crippen LogP contribution in [-0.2, 0) is 0 Å². The number of carbonyl (C=O) groups is 1. The van der Waals surface area contributed by atoms with Crippen LogP contribution in [0.5, 0.6) is 11.5 Å². The molecular formula is C21H26N2O3. The minimum atomic E-state index is 0.0685. The summed E-state index contributed by atoms with van der Waals surface area (Å²) >= 11 is 0. The monoisotopic (exact) mass is 354 g/mol. The third-order valence-corrected chi connectivity index (χ3v) is 4.47. The van der Waals surface area contributed by atoms with E-state index in [0.29, 0.717) is 18.7 Å². The summed E-state index contributed by atoms with van der Waals surface area (Å²) < 4.78 is 11.1. The highest BCUT2D eigenvalue weighted by molar-refractivity contribution is 5.94. The lowest BCUT2D eigenvalue weighted by Crippen LogP contribution is -2.48. The topological polar surface area (TPSA) is 42.0 Å². The van der Waals surface area contributed by atoms with E-state index in [1.165, 1.54) is 0 Å². The first kappa shape index (κ1) is 18.1. The standard InChI is InChI=1S/C21H26N2O3/c1-16(2)26-20-7-5-4-6-19(20)22-12-14-23(15-13-22)21(24)17-8-10-18(25-3)11-9-17/h4-11,16H,12-15H2,1-3H3. The summed E-state index contributed by atoms with van der Waals surface area (Å²) in [5, 5.41) is 0. The zero-order chi connectivity index (χ0) is 18.5. The van der Waals surface area contributed by atoms with Crippen LogP contribution in [0.2, 0.25) is 0 Å². The fraction of sp³-hybridized carbons (Fsp3) is 0.381. The molecule has 5 nitrogen and oxygen atoms in total. The summed E-state index contributed by atoms with van der Waals surface area (Å²) in [4.78, 5) is 16.9. The minimum Gasteiger partial charge on any atom is -0.497 e. The maximum atomic E-state index is 12.7. The molecule has 1 amide bonds. The Morgan fingerprint density at radius 3 is 2.23 bits per heavy atom. The number of piperazine rings is 1. The molecular weight excluding hydrogens is 328 g/mol. The van der Waals surface area contributed by atoms with Crippen molar-refractivity contribution in [2.75, 3.05) is 38.2 Å². The molecule has 2 aromatic rings. The molecule has 5 heteroatoms. The fourth-order valence-electron chi connectivity index (χ4n) is 3.14. The molecule has 1 aliphatic rings. The molecule has 0 aromatic heterocycles. The van der Waals surface area contributed by atoms with Crippen LogP contribution in [0, 0.1) is 0 Å². The number of anilines is 1. The highest BCUT2D eigenvalue weighted by atomic mass is 16.5. The first-order valence-corrected chi connectivity index (χ1v) is 9.02. The minimum absolute atomic E-state index is 0.0685. The summed E-state index contributed by atoms with van der Waals surface area (Å²) in [7, 11) is 1.62. The molecule has 0 spiro atoms. The van der Waals surface area contributed by atoms with Crippen LogP contribution in [0.3, 0.4) is 0 Å². The molecule has 1 fully saturated rings.